The van der Waals surface area contributed by atoms with Crippen molar-refractivity contribution in [2.24, 2.45) is 0 Å². The number of thiazole rings is 1. The number of hydrogen-bond donors (Lipinski definition) is 1. The van der Waals surface area contributed by atoms with Crippen LogP contribution >= 0.6 is 23.1 Å². The van der Waals surface area contributed by atoms with Gasteiger partial charge in [-0.05, 0) is 13.3 Å². The Hall–Kier alpha value is -1.00. The highest BCUT2D eigenvalue weighted by Crippen LogP contribution is 2.37. The second kappa shape index (κ2) is 5.76. The maximum absolute atomic E-state index is 6.07. The van der Waals surface area contributed by atoms with Gasteiger partial charge in [0.15, 0.2) is 4.34 Å². The Morgan fingerprint density at radius 1 is 1.33 bits per heavy atom. The minimum atomic E-state index is 0.585. The SMILES string of the molecule is CCC(C)Sc1nc(-c2ccc(C)cc2)c(N)s1. The lowest BCUT2D eigenvalue weighted by molar-refractivity contribution is 0.904. The molecule has 1 aromatic heterocycles. The van der Waals surface area contributed by atoms with E-state index in [4.69, 9.17) is 5.73 Å². The highest BCUT2D eigenvalue weighted by molar-refractivity contribution is 8.01. The Morgan fingerprint density at radius 2 is 2.00 bits per heavy atom. The van der Waals surface area contributed by atoms with Crippen molar-refractivity contribution in [3.05, 3.63) is 29.8 Å². The van der Waals surface area contributed by atoms with Gasteiger partial charge in [0.2, 0.25) is 0 Å². The molecule has 2 rings (SSSR count). The molecule has 0 aliphatic heterocycles. The summed E-state index contributed by atoms with van der Waals surface area (Å²) in [6.07, 6.45) is 1.14. The van der Waals surface area contributed by atoms with E-state index in [0.717, 1.165) is 27.0 Å². The molecule has 0 aliphatic rings. The molecular weight excluding hydrogens is 260 g/mol. The molecule has 0 saturated carbocycles. The summed E-state index contributed by atoms with van der Waals surface area (Å²) in [6.45, 7) is 6.49. The first-order valence-electron chi connectivity index (χ1n) is 6.10. The molecule has 0 saturated heterocycles. The smallest absolute Gasteiger partial charge is 0.152 e. The fraction of sp³-hybridized carbons (Fsp3) is 0.357. The second-order valence-corrected chi connectivity index (χ2v) is 7.11. The van der Waals surface area contributed by atoms with E-state index in [1.807, 2.05) is 0 Å². The third-order valence-corrected chi connectivity index (χ3v) is 5.08. The monoisotopic (exact) mass is 278 g/mol. The Kier molecular flexibility index (Phi) is 4.30. The number of thioether (sulfide) groups is 1. The minimum absolute atomic E-state index is 0.585. The zero-order chi connectivity index (χ0) is 13.1. The number of aryl methyl sites for hydroxylation is 1. The van der Waals surface area contributed by atoms with Gasteiger partial charge < -0.3 is 5.73 Å². The summed E-state index contributed by atoms with van der Waals surface area (Å²) in [7, 11) is 0. The van der Waals surface area contributed by atoms with Crippen molar-refractivity contribution in [1.82, 2.24) is 4.98 Å². The summed E-state index contributed by atoms with van der Waals surface area (Å²) in [6, 6.07) is 8.35. The van der Waals surface area contributed by atoms with Crippen LogP contribution in [-0.2, 0) is 0 Å². The molecule has 0 fully saturated rings. The topological polar surface area (TPSA) is 38.9 Å². The number of hydrogen-bond acceptors (Lipinski definition) is 4. The quantitative estimate of drug-likeness (QED) is 0.831. The average molecular weight is 278 g/mol. The first kappa shape index (κ1) is 13.4. The molecule has 2 aromatic rings. The molecule has 1 unspecified atom stereocenters. The molecule has 96 valence electrons. The summed E-state index contributed by atoms with van der Waals surface area (Å²) in [5, 5.41) is 1.39. The normalized spacial score (nSPS) is 12.6. The zero-order valence-corrected chi connectivity index (χ0v) is 12.6. The van der Waals surface area contributed by atoms with E-state index < -0.39 is 0 Å². The molecular formula is C14H18N2S2. The Balaban J connectivity index is 2.26. The van der Waals surface area contributed by atoms with Crippen LogP contribution in [0.4, 0.5) is 5.00 Å². The van der Waals surface area contributed by atoms with E-state index in [-0.39, 0.29) is 0 Å². The molecule has 1 atom stereocenters. The number of nitrogens with two attached hydrogens (primary N) is 1. The number of nitrogens with zero attached hydrogens (tertiary/aromatic N) is 1. The van der Waals surface area contributed by atoms with Gasteiger partial charge in [-0.15, -0.1) is 0 Å². The van der Waals surface area contributed by atoms with E-state index in [0.29, 0.717) is 5.25 Å². The van der Waals surface area contributed by atoms with Crippen molar-refractivity contribution in [3.63, 3.8) is 0 Å². The number of benzene rings is 1. The van der Waals surface area contributed by atoms with Gasteiger partial charge in [-0.25, -0.2) is 4.98 Å². The average Bonchev–Trinajstić information content (AvgIpc) is 2.71. The molecule has 18 heavy (non-hydrogen) atoms. The van der Waals surface area contributed by atoms with Gasteiger partial charge in [0.25, 0.3) is 0 Å². The molecule has 0 aliphatic carbocycles. The van der Waals surface area contributed by atoms with E-state index >= 15 is 0 Å². The van der Waals surface area contributed by atoms with Gasteiger partial charge in [0.05, 0.1) is 0 Å². The number of anilines is 1. The summed E-state index contributed by atoms with van der Waals surface area (Å²) >= 11 is 3.39. The Morgan fingerprint density at radius 3 is 2.61 bits per heavy atom. The molecule has 0 amide bonds. The highest BCUT2D eigenvalue weighted by atomic mass is 32.2. The summed E-state index contributed by atoms with van der Waals surface area (Å²) < 4.78 is 1.07. The molecule has 1 heterocycles. The van der Waals surface area contributed by atoms with Crippen LogP contribution in [0, 0.1) is 6.92 Å². The van der Waals surface area contributed by atoms with Crippen LogP contribution in [0.5, 0.6) is 0 Å². The van der Waals surface area contributed by atoms with Crippen molar-refractivity contribution in [2.75, 3.05) is 5.73 Å². The molecule has 0 radical (unpaired) electrons. The van der Waals surface area contributed by atoms with Crippen LogP contribution < -0.4 is 5.73 Å². The van der Waals surface area contributed by atoms with Gasteiger partial charge in [-0.3, -0.25) is 0 Å². The lowest BCUT2D eigenvalue weighted by Crippen LogP contribution is -1.91. The lowest BCUT2D eigenvalue weighted by Gasteiger charge is -2.03. The molecule has 4 heteroatoms. The zero-order valence-electron chi connectivity index (χ0n) is 10.9. The minimum Gasteiger partial charge on any atom is -0.389 e. The maximum Gasteiger partial charge on any atom is 0.152 e. The number of rotatable bonds is 4. The Labute approximate surface area is 117 Å². The standard InChI is InChI=1S/C14H18N2S2/c1-4-10(3)17-14-16-12(13(15)18-14)11-7-5-9(2)6-8-11/h5-8,10H,4,15H2,1-3H3. The fourth-order valence-electron chi connectivity index (χ4n) is 1.54. The summed E-state index contributed by atoms with van der Waals surface area (Å²) in [4.78, 5) is 4.65. The summed E-state index contributed by atoms with van der Waals surface area (Å²) in [5.74, 6) is 0. The third-order valence-electron chi connectivity index (χ3n) is 2.84. The van der Waals surface area contributed by atoms with Crippen molar-refractivity contribution in [2.45, 2.75) is 36.8 Å². The first-order valence-corrected chi connectivity index (χ1v) is 7.79. The van der Waals surface area contributed by atoms with Crippen LogP contribution in [0.3, 0.4) is 0 Å². The third kappa shape index (κ3) is 3.06. The van der Waals surface area contributed by atoms with Gasteiger partial charge in [0, 0.05) is 10.8 Å². The number of aromatic nitrogens is 1. The van der Waals surface area contributed by atoms with Crippen molar-refractivity contribution in [3.8, 4) is 11.3 Å². The van der Waals surface area contributed by atoms with E-state index in [2.05, 4.69) is 50.0 Å². The second-order valence-electron chi connectivity index (χ2n) is 4.40. The van der Waals surface area contributed by atoms with Gasteiger partial charge in [0.1, 0.15) is 10.7 Å². The van der Waals surface area contributed by atoms with Gasteiger partial charge in [-0.1, -0.05) is 66.8 Å². The van der Waals surface area contributed by atoms with Crippen LogP contribution in [0.1, 0.15) is 25.8 Å². The summed E-state index contributed by atoms with van der Waals surface area (Å²) in [5.41, 5.74) is 9.35. The van der Waals surface area contributed by atoms with Crippen LogP contribution in [0.15, 0.2) is 28.6 Å². The molecule has 0 bridgehead atoms. The highest BCUT2D eigenvalue weighted by Gasteiger charge is 2.12. The van der Waals surface area contributed by atoms with Crippen molar-refractivity contribution >= 4 is 28.1 Å². The van der Waals surface area contributed by atoms with E-state index in [1.54, 1.807) is 23.1 Å². The molecule has 0 spiro atoms. The fourth-order valence-corrected chi connectivity index (χ4v) is 3.73. The molecule has 2 N–H and O–H groups in total. The van der Waals surface area contributed by atoms with Crippen molar-refractivity contribution in [1.29, 1.82) is 0 Å². The predicted octanol–water partition coefficient (Wildman–Crippen LogP) is 4.59. The van der Waals surface area contributed by atoms with Crippen molar-refractivity contribution < 1.29 is 0 Å². The first-order chi connectivity index (χ1) is 8.60. The lowest BCUT2D eigenvalue weighted by atomic mass is 10.1. The predicted molar refractivity (Wildman–Crippen MR) is 82.3 cm³/mol. The maximum atomic E-state index is 6.07. The number of nitrogen functional groups attached to an aromatic ring is 1. The Bertz CT molecular complexity index is 517. The van der Waals surface area contributed by atoms with Gasteiger partial charge in [-0.2, -0.15) is 0 Å². The van der Waals surface area contributed by atoms with Crippen LogP contribution in [0.2, 0.25) is 0 Å². The van der Waals surface area contributed by atoms with E-state index in [1.165, 1.54) is 5.56 Å². The largest absolute Gasteiger partial charge is 0.389 e. The molecule has 1 aromatic carbocycles. The van der Waals surface area contributed by atoms with Crippen LogP contribution in [0.25, 0.3) is 11.3 Å². The van der Waals surface area contributed by atoms with E-state index in [9.17, 15) is 0 Å². The van der Waals surface area contributed by atoms with Gasteiger partial charge >= 0.3 is 0 Å². The van der Waals surface area contributed by atoms with Crippen LogP contribution in [-0.4, -0.2) is 10.2 Å². The molecule has 2 nitrogen and oxygen atoms in total.